The van der Waals surface area contributed by atoms with Crippen LogP contribution in [0.3, 0.4) is 0 Å². The maximum Gasteiger partial charge on any atom is 0.227 e. The molecule has 6 nitrogen and oxygen atoms in total. The molecule has 0 spiro atoms. The number of hydrogen-bond acceptors (Lipinski definition) is 5. The van der Waals surface area contributed by atoms with Crippen molar-refractivity contribution in [3.8, 4) is 0 Å². The molecule has 3 aromatic rings. The van der Waals surface area contributed by atoms with E-state index in [0.29, 0.717) is 5.95 Å². The van der Waals surface area contributed by atoms with Gasteiger partial charge in [0.1, 0.15) is 0 Å². The Bertz CT molecular complexity index is 785. The summed E-state index contributed by atoms with van der Waals surface area (Å²) >= 11 is 0. The first-order valence-electron chi connectivity index (χ1n) is 6.42. The molecule has 6 heteroatoms. The minimum atomic E-state index is -0.0952. The van der Waals surface area contributed by atoms with Crippen molar-refractivity contribution in [3.05, 3.63) is 48.9 Å². The van der Waals surface area contributed by atoms with Crippen LogP contribution in [0.2, 0.25) is 0 Å². The fraction of sp³-hybridized carbons (Fsp3) is 0.0667. The number of nitrogens with zero attached hydrogens (tertiary/aromatic N) is 3. The molecule has 0 saturated carbocycles. The van der Waals surface area contributed by atoms with Crippen molar-refractivity contribution in [1.82, 2.24) is 15.0 Å². The zero-order chi connectivity index (χ0) is 14.7. The van der Waals surface area contributed by atoms with Gasteiger partial charge in [-0.25, -0.2) is 9.97 Å². The minimum Gasteiger partial charge on any atom is -0.326 e. The summed E-state index contributed by atoms with van der Waals surface area (Å²) in [5.41, 5.74) is 2.42. The molecule has 2 N–H and O–H groups in total. The summed E-state index contributed by atoms with van der Waals surface area (Å²) in [6, 6.07) is 9.17. The third-order valence-corrected chi connectivity index (χ3v) is 2.84. The molecule has 0 fully saturated rings. The van der Waals surface area contributed by atoms with Crippen molar-refractivity contribution in [2.75, 3.05) is 10.6 Å². The van der Waals surface area contributed by atoms with Crippen LogP contribution in [0.4, 0.5) is 17.3 Å². The molecule has 1 amide bonds. The number of anilines is 3. The number of rotatable bonds is 3. The molecule has 2 aromatic heterocycles. The number of nitrogens with one attached hydrogen (secondary N) is 2. The second-order valence-electron chi connectivity index (χ2n) is 4.51. The molecule has 0 aliphatic carbocycles. The molecule has 0 aliphatic heterocycles. The minimum absolute atomic E-state index is 0.0952. The number of fused-ring (bicyclic) bond motifs is 1. The van der Waals surface area contributed by atoms with E-state index < -0.39 is 0 Å². The van der Waals surface area contributed by atoms with Crippen LogP contribution in [0, 0.1) is 0 Å². The average Bonchev–Trinajstić information content (AvgIpc) is 2.49. The Morgan fingerprint density at radius 3 is 2.57 bits per heavy atom. The van der Waals surface area contributed by atoms with Crippen LogP contribution in [0.5, 0.6) is 0 Å². The second kappa shape index (κ2) is 5.54. The van der Waals surface area contributed by atoms with Gasteiger partial charge >= 0.3 is 0 Å². The number of amides is 1. The van der Waals surface area contributed by atoms with E-state index in [1.54, 1.807) is 18.6 Å². The number of aromatic nitrogens is 3. The highest BCUT2D eigenvalue weighted by Crippen LogP contribution is 2.18. The summed E-state index contributed by atoms with van der Waals surface area (Å²) in [6.07, 6.45) is 5.14. The topological polar surface area (TPSA) is 79.8 Å². The molecule has 21 heavy (non-hydrogen) atoms. The molecule has 0 saturated heterocycles. The fourth-order valence-electron chi connectivity index (χ4n) is 1.90. The highest BCUT2D eigenvalue weighted by molar-refractivity contribution is 5.88. The van der Waals surface area contributed by atoms with Gasteiger partial charge in [-0.2, -0.15) is 0 Å². The molecule has 3 rings (SSSR count). The second-order valence-corrected chi connectivity index (χ2v) is 4.51. The molecule has 0 radical (unpaired) electrons. The van der Waals surface area contributed by atoms with Crippen molar-refractivity contribution in [3.63, 3.8) is 0 Å². The molecule has 0 aliphatic rings. The zero-order valence-electron chi connectivity index (χ0n) is 11.4. The van der Waals surface area contributed by atoms with Gasteiger partial charge in [0.05, 0.1) is 5.52 Å². The standard InChI is InChI=1S/C15H13N5O/c1-10(21)18-12-2-4-13(5-3-12)19-15-17-9-11-8-16-7-6-14(11)20-15/h2-9H,1H3,(H,18,21)(H,17,19,20). The number of carbonyl (C=O) groups excluding carboxylic acids is 1. The SMILES string of the molecule is CC(=O)Nc1ccc(Nc2ncc3cnccc3n2)cc1. The molecule has 1 aromatic carbocycles. The van der Waals surface area contributed by atoms with E-state index >= 15 is 0 Å². The van der Waals surface area contributed by atoms with E-state index in [2.05, 4.69) is 25.6 Å². The first kappa shape index (κ1) is 13.0. The average molecular weight is 279 g/mol. The molecule has 104 valence electrons. The highest BCUT2D eigenvalue weighted by atomic mass is 16.1. The molecule has 0 unspecified atom stereocenters. The van der Waals surface area contributed by atoms with E-state index in [1.807, 2.05) is 30.3 Å². The van der Waals surface area contributed by atoms with Gasteiger partial charge in [0.25, 0.3) is 0 Å². The van der Waals surface area contributed by atoms with Crippen LogP contribution in [-0.2, 0) is 4.79 Å². The van der Waals surface area contributed by atoms with Gasteiger partial charge in [0.2, 0.25) is 11.9 Å². The van der Waals surface area contributed by atoms with E-state index in [-0.39, 0.29) is 5.91 Å². The highest BCUT2D eigenvalue weighted by Gasteiger charge is 2.01. The Balaban J connectivity index is 1.79. The summed E-state index contributed by atoms with van der Waals surface area (Å²) in [6.45, 7) is 1.48. The van der Waals surface area contributed by atoms with Gasteiger partial charge in [0.15, 0.2) is 0 Å². The normalized spacial score (nSPS) is 10.3. The first-order valence-corrected chi connectivity index (χ1v) is 6.42. The van der Waals surface area contributed by atoms with Crippen LogP contribution >= 0.6 is 0 Å². The number of hydrogen-bond donors (Lipinski definition) is 2. The van der Waals surface area contributed by atoms with Crippen molar-refractivity contribution in [2.45, 2.75) is 6.92 Å². The molecular formula is C15H13N5O. The van der Waals surface area contributed by atoms with Crippen LogP contribution in [0.15, 0.2) is 48.9 Å². The predicted molar refractivity (Wildman–Crippen MR) is 81.4 cm³/mol. The van der Waals surface area contributed by atoms with Gasteiger partial charge in [0, 0.05) is 42.3 Å². The van der Waals surface area contributed by atoms with Crippen molar-refractivity contribution < 1.29 is 4.79 Å². The zero-order valence-corrected chi connectivity index (χ0v) is 11.4. The third-order valence-electron chi connectivity index (χ3n) is 2.84. The summed E-state index contributed by atoms with van der Waals surface area (Å²) in [7, 11) is 0. The van der Waals surface area contributed by atoms with Crippen LogP contribution in [-0.4, -0.2) is 20.9 Å². The van der Waals surface area contributed by atoms with E-state index in [9.17, 15) is 4.79 Å². The monoisotopic (exact) mass is 279 g/mol. The van der Waals surface area contributed by atoms with Gasteiger partial charge in [-0.15, -0.1) is 0 Å². The Kier molecular flexibility index (Phi) is 3.42. The maximum atomic E-state index is 11.0. The molecule has 2 heterocycles. The lowest BCUT2D eigenvalue weighted by Crippen LogP contribution is -2.05. The van der Waals surface area contributed by atoms with Crippen molar-refractivity contribution >= 4 is 34.1 Å². The van der Waals surface area contributed by atoms with Crippen LogP contribution in [0.1, 0.15) is 6.92 Å². The Labute approximate surface area is 121 Å². The lowest BCUT2D eigenvalue weighted by molar-refractivity contribution is -0.114. The van der Waals surface area contributed by atoms with Gasteiger partial charge < -0.3 is 10.6 Å². The van der Waals surface area contributed by atoms with Crippen LogP contribution in [0.25, 0.3) is 10.9 Å². The van der Waals surface area contributed by atoms with Crippen molar-refractivity contribution in [2.24, 2.45) is 0 Å². The first-order chi connectivity index (χ1) is 10.2. The van der Waals surface area contributed by atoms with Crippen molar-refractivity contribution in [1.29, 1.82) is 0 Å². The fourth-order valence-corrected chi connectivity index (χ4v) is 1.90. The lowest BCUT2D eigenvalue weighted by Gasteiger charge is -2.07. The Hall–Kier alpha value is -3.02. The predicted octanol–water partition coefficient (Wildman–Crippen LogP) is 2.73. The summed E-state index contributed by atoms with van der Waals surface area (Å²) < 4.78 is 0. The van der Waals surface area contributed by atoms with E-state index in [0.717, 1.165) is 22.3 Å². The Morgan fingerprint density at radius 2 is 1.81 bits per heavy atom. The quantitative estimate of drug-likeness (QED) is 0.770. The van der Waals surface area contributed by atoms with Crippen LogP contribution < -0.4 is 10.6 Å². The summed E-state index contributed by atoms with van der Waals surface area (Å²) in [5.74, 6) is 0.420. The number of benzene rings is 1. The summed E-state index contributed by atoms with van der Waals surface area (Å²) in [5, 5.41) is 6.73. The van der Waals surface area contributed by atoms with E-state index in [1.165, 1.54) is 6.92 Å². The Morgan fingerprint density at radius 1 is 1.05 bits per heavy atom. The van der Waals surface area contributed by atoms with Gasteiger partial charge in [-0.3, -0.25) is 9.78 Å². The smallest absolute Gasteiger partial charge is 0.227 e. The molecule has 0 bridgehead atoms. The largest absolute Gasteiger partial charge is 0.326 e. The molecular weight excluding hydrogens is 266 g/mol. The maximum absolute atomic E-state index is 11.0. The number of carbonyl (C=O) groups is 1. The third kappa shape index (κ3) is 3.11. The number of pyridine rings is 1. The van der Waals surface area contributed by atoms with Gasteiger partial charge in [-0.05, 0) is 30.3 Å². The lowest BCUT2D eigenvalue weighted by atomic mass is 10.3. The summed E-state index contributed by atoms with van der Waals surface area (Å²) in [4.78, 5) is 23.6. The van der Waals surface area contributed by atoms with E-state index in [4.69, 9.17) is 0 Å². The van der Waals surface area contributed by atoms with Gasteiger partial charge in [-0.1, -0.05) is 0 Å². The molecule has 0 atom stereocenters.